The molecule has 0 fully saturated rings. The minimum Gasteiger partial charge on any atom is -0.497 e. The predicted octanol–water partition coefficient (Wildman–Crippen LogP) is 3.75. The van der Waals surface area contributed by atoms with Crippen LogP contribution in [0.15, 0.2) is 78.9 Å². The molecule has 1 aliphatic carbocycles. The molecule has 0 amide bonds. The van der Waals surface area contributed by atoms with Gasteiger partial charge in [-0.05, 0) is 23.3 Å². The summed E-state index contributed by atoms with van der Waals surface area (Å²) in [6.45, 7) is 0.168. The third-order valence-electron chi connectivity index (χ3n) is 5.64. The molecule has 1 unspecified atom stereocenters. The Morgan fingerprint density at radius 2 is 1.36 bits per heavy atom. The van der Waals surface area contributed by atoms with E-state index in [0.29, 0.717) is 22.4 Å². The van der Waals surface area contributed by atoms with Crippen LogP contribution in [-0.4, -0.2) is 25.2 Å². The molecule has 0 saturated carbocycles. The summed E-state index contributed by atoms with van der Waals surface area (Å²) in [5.74, 6) is -0.206. The van der Waals surface area contributed by atoms with Crippen molar-refractivity contribution < 1.29 is 14.3 Å². The Morgan fingerprint density at radius 1 is 0.821 bits per heavy atom. The second-order valence-corrected chi connectivity index (χ2v) is 6.94. The molecule has 0 aliphatic heterocycles. The molecule has 3 aromatic carbocycles. The van der Waals surface area contributed by atoms with Gasteiger partial charge in [-0.2, -0.15) is 0 Å². The first-order valence-corrected chi connectivity index (χ1v) is 9.22. The monoisotopic (exact) mass is 371 g/mol. The molecule has 0 spiro atoms. The highest BCUT2D eigenvalue weighted by Gasteiger charge is 2.58. The van der Waals surface area contributed by atoms with E-state index in [1.165, 1.54) is 0 Å². The summed E-state index contributed by atoms with van der Waals surface area (Å²) in [5.41, 5.74) is 7.23. The van der Waals surface area contributed by atoms with Gasteiger partial charge >= 0.3 is 0 Å². The molecule has 0 aromatic heterocycles. The SMILES string of the molecule is COc1ccc(C2(C(CN)c3ccccc3)C(=O)c3ccccc3C2=O)cc1. The van der Waals surface area contributed by atoms with Gasteiger partial charge in [0.25, 0.3) is 0 Å². The van der Waals surface area contributed by atoms with Gasteiger partial charge in [0, 0.05) is 23.6 Å². The zero-order chi connectivity index (χ0) is 19.7. The molecule has 140 valence electrons. The van der Waals surface area contributed by atoms with Gasteiger partial charge in [0.05, 0.1) is 7.11 Å². The van der Waals surface area contributed by atoms with Crippen LogP contribution in [0.3, 0.4) is 0 Å². The second kappa shape index (κ2) is 7.06. The minimum atomic E-state index is -1.38. The van der Waals surface area contributed by atoms with Gasteiger partial charge in [0.2, 0.25) is 0 Å². The van der Waals surface area contributed by atoms with Crippen LogP contribution in [0.2, 0.25) is 0 Å². The molecule has 0 heterocycles. The maximum Gasteiger partial charge on any atom is 0.182 e. The second-order valence-electron chi connectivity index (χ2n) is 6.94. The third kappa shape index (κ3) is 2.49. The van der Waals surface area contributed by atoms with Crippen LogP contribution in [0.25, 0.3) is 0 Å². The number of Topliss-reactive ketones (excluding diaryl/α,β-unsaturated/α-hetero) is 2. The van der Waals surface area contributed by atoms with Crippen molar-refractivity contribution in [3.63, 3.8) is 0 Å². The molecular weight excluding hydrogens is 350 g/mol. The zero-order valence-electron chi connectivity index (χ0n) is 15.6. The van der Waals surface area contributed by atoms with Crippen molar-refractivity contribution in [3.05, 3.63) is 101 Å². The summed E-state index contributed by atoms with van der Waals surface area (Å²) in [4.78, 5) is 27.5. The number of fused-ring (bicyclic) bond motifs is 1. The van der Waals surface area contributed by atoms with Crippen LogP contribution in [-0.2, 0) is 5.41 Å². The van der Waals surface area contributed by atoms with Gasteiger partial charge in [0.15, 0.2) is 11.6 Å². The molecule has 0 radical (unpaired) electrons. The lowest BCUT2D eigenvalue weighted by atomic mass is 9.64. The number of rotatable bonds is 5. The van der Waals surface area contributed by atoms with Crippen LogP contribution in [0.5, 0.6) is 5.75 Å². The molecule has 4 heteroatoms. The third-order valence-corrected chi connectivity index (χ3v) is 5.64. The van der Waals surface area contributed by atoms with Crippen LogP contribution in [0, 0.1) is 0 Å². The van der Waals surface area contributed by atoms with Gasteiger partial charge in [-0.3, -0.25) is 9.59 Å². The number of carbonyl (C=O) groups excluding carboxylic acids is 2. The standard InChI is InChI=1S/C24H21NO3/c1-28-18-13-11-17(12-14-18)24(21(15-25)16-7-3-2-4-8-16)22(26)19-9-5-6-10-20(19)23(24)27/h2-14,21H,15,25H2,1H3. The first kappa shape index (κ1) is 18.1. The van der Waals surface area contributed by atoms with Crippen molar-refractivity contribution in [3.8, 4) is 5.75 Å². The van der Waals surface area contributed by atoms with E-state index in [9.17, 15) is 9.59 Å². The van der Waals surface area contributed by atoms with Crippen molar-refractivity contribution >= 4 is 11.6 Å². The van der Waals surface area contributed by atoms with Gasteiger partial charge in [-0.1, -0.05) is 66.7 Å². The number of carbonyl (C=O) groups is 2. The smallest absolute Gasteiger partial charge is 0.182 e. The molecule has 28 heavy (non-hydrogen) atoms. The summed E-state index contributed by atoms with van der Waals surface area (Å²) >= 11 is 0. The van der Waals surface area contributed by atoms with Crippen LogP contribution < -0.4 is 10.5 Å². The fraction of sp³-hybridized carbons (Fsp3) is 0.167. The first-order valence-electron chi connectivity index (χ1n) is 9.22. The summed E-state index contributed by atoms with van der Waals surface area (Å²) in [6.07, 6.45) is 0. The lowest BCUT2D eigenvalue weighted by Gasteiger charge is -2.35. The number of nitrogens with two attached hydrogens (primary N) is 1. The summed E-state index contributed by atoms with van der Waals surface area (Å²) in [5, 5.41) is 0. The number of methoxy groups -OCH3 is 1. The van der Waals surface area contributed by atoms with Gasteiger partial charge < -0.3 is 10.5 Å². The average molecular weight is 371 g/mol. The highest BCUT2D eigenvalue weighted by molar-refractivity contribution is 6.33. The van der Waals surface area contributed by atoms with Crippen molar-refractivity contribution in [1.82, 2.24) is 0 Å². The van der Waals surface area contributed by atoms with Crippen LogP contribution in [0.1, 0.15) is 37.8 Å². The molecule has 0 bridgehead atoms. The molecule has 1 aliphatic rings. The molecule has 4 rings (SSSR count). The van der Waals surface area contributed by atoms with E-state index in [0.717, 1.165) is 5.56 Å². The Morgan fingerprint density at radius 3 is 1.86 bits per heavy atom. The molecular formula is C24H21NO3. The highest BCUT2D eigenvalue weighted by Crippen LogP contribution is 2.48. The highest BCUT2D eigenvalue weighted by atomic mass is 16.5. The Labute approximate surface area is 164 Å². The van der Waals surface area contributed by atoms with E-state index in [2.05, 4.69) is 0 Å². The maximum atomic E-state index is 13.8. The number of hydrogen-bond donors (Lipinski definition) is 1. The van der Waals surface area contributed by atoms with Crippen molar-refractivity contribution in [2.45, 2.75) is 11.3 Å². The Bertz CT molecular complexity index is 990. The maximum absolute atomic E-state index is 13.8. The van der Waals surface area contributed by atoms with Gasteiger partial charge in [0.1, 0.15) is 11.2 Å². The number of ketones is 2. The Kier molecular flexibility index (Phi) is 4.57. The summed E-state index contributed by atoms with van der Waals surface area (Å²) in [7, 11) is 1.58. The molecule has 2 N–H and O–H groups in total. The van der Waals surface area contributed by atoms with E-state index in [-0.39, 0.29) is 18.1 Å². The number of hydrogen-bond acceptors (Lipinski definition) is 4. The Balaban J connectivity index is 1.99. The fourth-order valence-corrected chi connectivity index (χ4v) is 4.29. The molecule has 0 saturated heterocycles. The number of ether oxygens (including phenoxy) is 1. The summed E-state index contributed by atoms with van der Waals surface area (Å²) < 4.78 is 5.26. The lowest BCUT2D eigenvalue weighted by Crippen LogP contribution is -2.47. The zero-order valence-corrected chi connectivity index (χ0v) is 15.6. The molecule has 4 nitrogen and oxygen atoms in total. The first-order chi connectivity index (χ1) is 13.6. The van der Waals surface area contributed by atoms with Gasteiger partial charge in [-0.25, -0.2) is 0 Å². The quantitative estimate of drug-likeness (QED) is 0.694. The molecule has 1 atom stereocenters. The van der Waals surface area contributed by atoms with Crippen molar-refractivity contribution in [1.29, 1.82) is 0 Å². The minimum absolute atomic E-state index is 0.168. The predicted molar refractivity (Wildman–Crippen MR) is 108 cm³/mol. The van der Waals surface area contributed by atoms with Crippen LogP contribution >= 0.6 is 0 Å². The normalized spacial score (nSPS) is 15.9. The fourth-order valence-electron chi connectivity index (χ4n) is 4.29. The topological polar surface area (TPSA) is 69.4 Å². The Hall–Kier alpha value is -3.24. The molecule has 3 aromatic rings. The number of benzene rings is 3. The van der Waals surface area contributed by atoms with E-state index < -0.39 is 11.3 Å². The summed E-state index contributed by atoms with van der Waals surface area (Å²) in [6, 6.07) is 23.7. The van der Waals surface area contributed by atoms with E-state index >= 15 is 0 Å². The lowest BCUT2D eigenvalue weighted by molar-refractivity contribution is 0.0764. The van der Waals surface area contributed by atoms with Crippen molar-refractivity contribution in [2.24, 2.45) is 5.73 Å². The van der Waals surface area contributed by atoms with E-state index in [1.54, 1.807) is 55.6 Å². The largest absolute Gasteiger partial charge is 0.497 e. The van der Waals surface area contributed by atoms with Crippen molar-refractivity contribution in [2.75, 3.05) is 13.7 Å². The van der Waals surface area contributed by atoms with E-state index in [4.69, 9.17) is 10.5 Å². The van der Waals surface area contributed by atoms with E-state index in [1.807, 2.05) is 30.3 Å². The van der Waals surface area contributed by atoms with Crippen LogP contribution in [0.4, 0.5) is 0 Å². The van der Waals surface area contributed by atoms with Gasteiger partial charge in [-0.15, -0.1) is 0 Å². The average Bonchev–Trinajstić information content (AvgIpc) is 2.98.